The highest BCUT2D eigenvalue weighted by Crippen LogP contribution is 2.26. The molecule has 1 fully saturated rings. The van der Waals surface area contributed by atoms with Crippen LogP contribution in [0.2, 0.25) is 0 Å². The molecule has 2 rings (SSSR count). The number of hydrogen-bond acceptors (Lipinski definition) is 15. The van der Waals surface area contributed by atoms with Crippen LogP contribution in [0.15, 0.2) is 54.1 Å². The second-order valence-corrected chi connectivity index (χ2v) is 17.9. The van der Waals surface area contributed by atoms with Gasteiger partial charge >= 0.3 is 0 Å². The lowest BCUT2D eigenvalue weighted by molar-refractivity contribution is -0.135. The van der Waals surface area contributed by atoms with E-state index in [0.29, 0.717) is 11.3 Å². The number of nitrogens with two attached hydrogens (primary N) is 11. The largest absolute Gasteiger partial charge is 0.494 e. The van der Waals surface area contributed by atoms with Gasteiger partial charge in [0.15, 0.2) is 29.8 Å². The molecule has 420 valence electrons. The highest BCUT2D eigenvalue weighted by Gasteiger charge is 2.32. The topological polar surface area (TPSA) is 566 Å². The number of rotatable bonds is 36. The Hall–Kier alpha value is -8.58. The first-order valence-electron chi connectivity index (χ1n) is 24.1. The number of hydrogen-bond donors (Lipinski definition) is 17. The number of primary amides is 1. The zero-order chi connectivity index (χ0) is 56.6. The molecule has 76 heavy (non-hydrogen) atoms. The lowest BCUT2D eigenvalue weighted by Gasteiger charge is -2.27. The van der Waals surface area contributed by atoms with E-state index < -0.39 is 76.8 Å². The van der Waals surface area contributed by atoms with Gasteiger partial charge in [-0.2, -0.15) is 0 Å². The molecular formula is C44H74N22O9S. The van der Waals surface area contributed by atoms with E-state index in [1.54, 1.807) is 30.3 Å². The number of ether oxygens (including phenoxy) is 1. The van der Waals surface area contributed by atoms with Gasteiger partial charge in [0.25, 0.3) is 11.1 Å². The molecule has 0 saturated carbocycles. The van der Waals surface area contributed by atoms with Crippen molar-refractivity contribution in [2.75, 3.05) is 39.3 Å². The minimum absolute atomic E-state index is 0.0271. The molecule has 1 aliphatic rings. The van der Waals surface area contributed by atoms with Gasteiger partial charge in [-0.3, -0.25) is 68.6 Å². The Balaban J connectivity index is 2.35. The van der Waals surface area contributed by atoms with Crippen molar-refractivity contribution in [2.24, 2.45) is 88.0 Å². The van der Waals surface area contributed by atoms with Crippen LogP contribution in [0.4, 0.5) is 4.79 Å². The van der Waals surface area contributed by atoms with Crippen molar-refractivity contribution < 1.29 is 43.1 Å². The molecule has 0 unspecified atom stereocenters. The summed E-state index contributed by atoms with van der Waals surface area (Å²) in [5, 5.41) is 15.0. The first kappa shape index (κ1) is 63.5. The maximum atomic E-state index is 14.3. The molecule has 1 saturated heterocycles. The number of amides is 8. The third kappa shape index (κ3) is 27.5. The molecule has 32 heteroatoms. The molecule has 1 heterocycles. The van der Waals surface area contributed by atoms with Crippen LogP contribution in [-0.4, -0.2) is 146 Å². The van der Waals surface area contributed by atoms with Crippen molar-refractivity contribution >= 4 is 94.2 Å². The van der Waals surface area contributed by atoms with E-state index in [4.69, 9.17) is 67.8 Å². The predicted octanol–water partition coefficient (Wildman–Crippen LogP) is -5.65. The Morgan fingerprint density at radius 1 is 0.500 bits per heavy atom. The number of carbonyl (C=O) groups excluding carboxylic acids is 8. The van der Waals surface area contributed by atoms with Gasteiger partial charge in [-0.1, -0.05) is 12.1 Å². The zero-order valence-electron chi connectivity index (χ0n) is 42.2. The fraction of sp³-hybridized carbons (Fsp3) is 0.523. The van der Waals surface area contributed by atoms with E-state index in [0.717, 1.165) is 11.8 Å². The minimum atomic E-state index is -1.38. The molecule has 0 bridgehead atoms. The molecular weight excluding hydrogens is 1010 g/mol. The van der Waals surface area contributed by atoms with Gasteiger partial charge in [0.1, 0.15) is 36.0 Å². The Labute approximate surface area is 443 Å². The van der Waals surface area contributed by atoms with Gasteiger partial charge in [-0.25, -0.2) is 0 Å². The van der Waals surface area contributed by atoms with E-state index in [1.807, 2.05) is 0 Å². The van der Waals surface area contributed by atoms with Crippen molar-refractivity contribution in [3.63, 3.8) is 0 Å². The third-order valence-electron chi connectivity index (χ3n) is 10.6. The Morgan fingerprint density at radius 2 is 0.842 bits per heavy atom. The molecule has 0 spiro atoms. The van der Waals surface area contributed by atoms with Gasteiger partial charge in [0, 0.05) is 39.1 Å². The zero-order valence-corrected chi connectivity index (χ0v) is 43.0. The summed E-state index contributed by atoms with van der Waals surface area (Å²) >= 11 is 0.794. The van der Waals surface area contributed by atoms with Crippen molar-refractivity contribution in [3.05, 3.63) is 34.7 Å². The highest BCUT2D eigenvalue weighted by atomic mass is 32.2. The summed E-state index contributed by atoms with van der Waals surface area (Å²) in [6, 6.07) is 0.266. The van der Waals surface area contributed by atoms with Gasteiger partial charge in [0.05, 0.1) is 11.5 Å². The van der Waals surface area contributed by atoms with E-state index in [2.05, 4.69) is 56.9 Å². The Kier molecular flexibility index (Phi) is 29.1. The van der Waals surface area contributed by atoms with E-state index in [-0.39, 0.29) is 151 Å². The first-order valence-corrected chi connectivity index (χ1v) is 24.9. The Bertz CT molecular complexity index is 2310. The SMILES string of the molecule is NC(=O)[C@H](CCCN=C(N)N)NC(=O)[C@H](CCCN=C(N)N)NC(=O)[C@H](CCCN=C(N)N)NC(=O)[C@H](CCCN=C(N)N)NC(=O)[C@H](CCCN=C(N)N)NC(=O)CCCOc1ccc(C=C2SC(=O)NC2=O)cc1. The average molecular weight is 1090 g/mol. The monoisotopic (exact) mass is 1090 g/mol. The molecule has 0 radical (unpaired) electrons. The number of thioether (sulfide) groups is 1. The number of nitrogens with zero attached hydrogens (tertiary/aromatic N) is 5. The van der Waals surface area contributed by atoms with Crippen molar-refractivity contribution in [1.82, 2.24) is 31.9 Å². The van der Waals surface area contributed by atoms with Gasteiger partial charge in [-0.05, 0) is 106 Å². The van der Waals surface area contributed by atoms with Crippen LogP contribution in [-0.2, 0) is 33.6 Å². The lowest BCUT2D eigenvalue weighted by atomic mass is 10.0. The molecule has 0 aliphatic carbocycles. The second kappa shape index (κ2) is 34.8. The molecule has 1 aromatic rings. The van der Waals surface area contributed by atoms with Crippen LogP contribution in [0.5, 0.6) is 5.75 Å². The normalized spacial score (nSPS) is 14.2. The summed E-state index contributed by atoms with van der Waals surface area (Å²) in [7, 11) is 0. The molecule has 5 atom stereocenters. The second-order valence-electron chi connectivity index (χ2n) is 16.9. The van der Waals surface area contributed by atoms with Crippen LogP contribution < -0.4 is 99.7 Å². The van der Waals surface area contributed by atoms with E-state index in [1.165, 1.54) is 0 Å². The fourth-order valence-corrected chi connectivity index (χ4v) is 7.57. The van der Waals surface area contributed by atoms with Crippen LogP contribution in [0.25, 0.3) is 6.08 Å². The number of carbonyl (C=O) groups is 8. The summed E-state index contributed by atoms with van der Waals surface area (Å²) in [5.74, 6) is -5.65. The van der Waals surface area contributed by atoms with Crippen LogP contribution in [0, 0.1) is 0 Å². The predicted molar refractivity (Wildman–Crippen MR) is 289 cm³/mol. The van der Waals surface area contributed by atoms with E-state index >= 15 is 0 Å². The Morgan fingerprint density at radius 3 is 1.17 bits per heavy atom. The molecule has 0 aromatic heterocycles. The lowest BCUT2D eigenvalue weighted by Crippen LogP contribution is -2.59. The molecule has 8 amide bonds. The molecule has 1 aliphatic heterocycles. The standard InChI is InChI=1S/C44H74N22O9S/c45-33(68)26(7-1-17-56-39(46)47)62-35(70)28(9-3-19-58-41(50)51)64-37(72)30(11-5-21-60-43(54)55)65-36(71)29(10-4-20-59-42(52)53)63-34(69)27(8-2-18-57-40(48)49)61-32(67)12-6-22-75-25-15-13-24(14-16-25)23-31-38(73)66-44(74)76-31/h13-16,23,26-30H,1-12,17-22H2,(H2,45,68)(H,61,67)(H,62,70)(H,63,69)(H,64,72)(H,65,71)(H4,46,47,56)(H4,48,49,57)(H4,50,51,58)(H4,52,53,59)(H4,54,55,60)(H,66,73,74)/t26-,27-,28-,29-,30-/m0/s1. The van der Waals surface area contributed by atoms with Crippen LogP contribution >= 0.6 is 11.8 Å². The van der Waals surface area contributed by atoms with Crippen molar-refractivity contribution in [3.8, 4) is 5.75 Å². The number of aliphatic imine (C=N–C) groups is 5. The van der Waals surface area contributed by atoms with Crippen LogP contribution in [0.1, 0.15) is 82.6 Å². The summed E-state index contributed by atoms with van der Waals surface area (Å²) in [6.45, 7) is 0.496. The van der Waals surface area contributed by atoms with Crippen molar-refractivity contribution in [2.45, 2.75) is 107 Å². The maximum absolute atomic E-state index is 14.3. The quantitative estimate of drug-likeness (QED) is 0.0129. The third-order valence-corrected chi connectivity index (χ3v) is 11.4. The summed E-state index contributed by atoms with van der Waals surface area (Å²) < 4.78 is 5.78. The first-order chi connectivity index (χ1) is 36.0. The molecule has 31 nitrogen and oxygen atoms in total. The minimum Gasteiger partial charge on any atom is -0.494 e. The maximum Gasteiger partial charge on any atom is 0.290 e. The van der Waals surface area contributed by atoms with Gasteiger partial charge in [-0.15, -0.1) is 0 Å². The number of imide groups is 1. The summed E-state index contributed by atoms with van der Waals surface area (Å²) in [6.07, 6.45) is 2.56. The van der Waals surface area contributed by atoms with E-state index in [9.17, 15) is 38.4 Å². The average Bonchev–Trinajstić information content (AvgIpc) is 3.66. The summed E-state index contributed by atoms with van der Waals surface area (Å²) in [4.78, 5) is 125. The fourth-order valence-electron chi connectivity index (χ4n) is 6.89. The number of guanidine groups is 5. The molecule has 1 aromatic carbocycles. The summed E-state index contributed by atoms with van der Waals surface area (Å²) in [5.41, 5.74) is 61.1. The highest BCUT2D eigenvalue weighted by molar-refractivity contribution is 8.18. The van der Waals surface area contributed by atoms with Crippen molar-refractivity contribution in [1.29, 1.82) is 0 Å². The number of benzene rings is 1. The number of nitrogens with one attached hydrogen (secondary N) is 6. The van der Waals surface area contributed by atoms with Gasteiger partial charge in [0.2, 0.25) is 35.4 Å². The van der Waals surface area contributed by atoms with Crippen LogP contribution in [0.3, 0.4) is 0 Å². The van der Waals surface area contributed by atoms with Gasteiger partial charge < -0.3 is 94.4 Å². The molecule has 28 N–H and O–H groups in total. The smallest absolute Gasteiger partial charge is 0.290 e.